The van der Waals surface area contributed by atoms with Gasteiger partial charge in [-0.05, 0) is 13.8 Å². The maximum atomic E-state index is 10.4. The highest BCUT2D eigenvalue weighted by Crippen LogP contribution is 1.91. The third-order valence-corrected chi connectivity index (χ3v) is 1.44. The molecule has 0 aliphatic carbocycles. The fraction of sp³-hybridized carbons (Fsp3) is 0.864. The highest BCUT2D eigenvalue weighted by atomic mass is 32.2. The van der Waals surface area contributed by atoms with E-state index >= 15 is 0 Å². The first kappa shape index (κ1) is 70.4. The summed E-state index contributed by atoms with van der Waals surface area (Å²) in [6, 6.07) is 0. The molecular formula is C22H61NO6S. The summed E-state index contributed by atoms with van der Waals surface area (Å²) < 4.78 is 23.6. The van der Waals surface area contributed by atoms with E-state index in [4.69, 9.17) is 0 Å². The number of nitrogens with one attached hydrogen (secondary N) is 1. The molecule has 0 radical (unpaired) electrons. The molecule has 8 heteroatoms. The summed E-state index contributed by atoms with van der Waals surface area (Å²) >= 11 is 0. The number of hydrogen-bond acceptors (Lipinski definition) is 6. The molecule has 30 heavy (non-hydrogen) atoms. The molecule has 0 bridgehead atoms. The third kappa shape index (κ3) is 156. The van der Waals surface area contributed by atoms with Gasteiger partial charge in [-0.15, -0.1) is 0 Å². The summed E-state index contributed by atoms with van der Waals surface area (Å²) in [6.45, 7) is 10.4. The fourth-order valence-corrected chi connectivity index (χ4v) is 0.524. The minimum atomic E-state index is -2.67. The molecule has 0 aromatic carbocycles. The molecule has 0 saturated carbocycles. The van der Waals surface area contributed by atoms with Gasteiger partial charge in [0.1, 0.15) is 15.6 Å². The normalized spacial score (nSPS) is 7.07. The van der Waals surface area contributed by atoms with Gasteiger partial charge in [-0.1, -0.05) is 79.7 Å². The van der Waals surface area contributed by atoms with E-state index in [2.05, 4.69) is 10.1 Å². The lowest BCUT2D eigenvalue weighted by molar-refractivity contribution is -0.144. The monoisotopic (exact) mass is 467 g/mol. The summed E-state index contributed by atoms with van der Waals surface area (Å²) in [6.07, 6.45) is 2.32. The molecule has 0 rings (SSSR count). The average molecular weight is 468 g/mol. The van der Waals surface area contributed by atoms with E-state index in [1.54, 1.807) is 20.9 Å². The number of esters is 1. The Morgan fingerprint density at radius 2 is 0.933 bits per heavy atom. The number of Topliss-reactive ketones (excluding diaryl/α,β-unsaturated/α-hetero) is 1. The van der Waals surface area contributed by atoms with Crippen molar-refractivity contribution in [1.29, 1.82) is 0 Å². The van der Waals surface area contributed by atoms with Gasteiger partial charge in [0.25, 0.3) is 0 Å². The number of rotatable bonds is 2. The number of hydrogen-bond donors (Lipinski definition) is 1. The molecule has 0 heterocycles. The molecule has 0 saturated heterocycles. The third-order valence-electron chi connectivity index (χ3n) is 1.44. The number of sulfone groups is 1. The number of ketones is 1. The van der Waals surface area contributed by atoms with Gasteiger partial charge in [0.05, 0.1) is 13.0 Å². The zero-order valence-electron chi connectivity index (χ0n) is 16.0. The van der Waals surface area contributed by atoms with Gasteiger partial charge >= 0.3 is 5.97 Å². The summed E-state index contributed by atoms with van der Waals surface area (Å²) in [5, 5.41) is 2.53. The van der Waals surface area contributed by atoms with Crippen molar-refractivity contribution in [2.75, 3.05) is 26.7 Å². The molecule has 0 atom stereocenters. The van der Waals surface area contributed by atoms with E-state index < -0.39 is 9.84 Å². The van der Waals surface area contributed by atoms with Gasteiger partial charge in [-0.25, -0.2) is 8.42 Å². The second-order valence-electron chi connectivity index (χ2n) is 5.50. The number of ether oxygens (including phenoxy) is 1. The minimum absolute atomic E-state index is 0. The predicted octanol–water partition coefficient (Wildman–Crippen LogP) is 5.91. The number of amides is 1. The molecule has 0 aromatic rings. The predicted molar refractivity (Wildman–Crippen MR) is 140 cm³/mol. The van der Waals surface area contributed by atoms with E-state index in [0.29, 0.717) is 0 Å². The molecule has 0 aliphatic rings. The number of carbonyl (C=O) groups is 3. The van der Waals surface area contributed by atoms with Gasteiger partial charge in [-0.2, -0.15) is 0 Å². The maximum Gasteiger partial charge on any atom is 0.308 e. The quantitative estimate of drug-likeness (QED) is 0.506. The Labute approximate surface area is 192 Å². The molecule has 0 fully saturated rings. The van der Waals surface area contributed by atoms with Crippen molar-refractivity contribution in [2.24, 2.45) is 11.8 Å². The zero-order chi connectivity index (χ0) is 19.8. The van der Waals surface area contributed by atoms with Crippen LogP contribution >= 0.6 is 0 Å². The van der Waals surface area contributed by atoms with Crippen molar-refractivity contribution < 1.29 is 27.5 Å². The van der Waals surface area contributed by atoms with Crippen LogP contribution < -0.4 is 5.32 Å². The first-order valence-electron chi connectivity index (χ1n) is 7.01. The first-order chi connectivity index (χ1) is 10.1. The summed E-state index contributed by atoms with van der Waals surface area (Å²) in [5.74, 6) is 0.231. The highest BCUT2D eigenvalue weighted by Gasteiger charge is 2.03. The molecule has 7 nitrogen and oxygen atoms in total. The lowest BCUT2D eigenvalue weighted by Crippen LogP contribution is -2.22. The average Bonchev–Trinajstić information content (AvgIpc) is 2.34. The van der Waals surface area contributed by atoms with Crippen LogP contribution in [0.3, 0.4) is 0 Å². The minimum Gasteiger partial charge on any atom is -0.469 e. The first-order valence-corrected chi connectivity index (χ1v) is 9.31. The summed E-state index contributed by atoms with van der Waals surface area (Å²) in [7, 11) is 0.366. The van der Waals surface area contributed by atoms with Crippen LogP contribution in [-0.2, 0) is 29.0 Å². The van der Waals surface area contributed by atoms with Gasteiger partial charge in [0.15, 0.2) is 0 Å². The van der Waals surface area contributed by atoms with Crippen LogP contribution in [0.1, 0.15) is 93.5 Å². The van der Waals surface area contributed by atoms with Crippen LogP contribution in [-0.4, -0.2) is 52.7 Å². The summed E-state index contributed by atoms with van der Waals surface area (Å²) in [5.41, 5.74) is 0. The molecule has 0 spiro atoms. The second-order valence-corrected chi connectivity index (χ2v) is 7.78. The van der Waals surface area contributed by atoms with E-state index in [9.17, 15) is 22.8 Å². The molecule has 0 aliphatic heterocycles. The fourth-order valence-electron chi connectivity index (χ4n) is 0.524. The van der Waals surface area contributed by atoms with Crippen LogP contribution in [0, 0.1) is 11.8 Å². The molecule has 1 N–H and O–H groups in total. The molecule has 196 valence electrons. The van der Waals surface area contributed by atoms with E-state index in [1.165, 1.54) is 21.0 Å². The van der Waals surface area contributed by atoms with Crippen molar-refractivity contribution >= 4 is 27.5 Å². The highest BCUT2D eigenvalue weighted by molar-refractivity contribution is 7.89. The Balaban J connectivity index is -0.0000000168. The molecular weight excluding hydrogens is 406 g/mol. The SMILES string of the molecule is C.C.C.C.C.C.C.CC(C)=O.CNC(=O)C(C)C.COC(=O)C(C)C.CS(C)(=O)=O. The van der Waals surface area contributed by atoms with E-state index in [-0.39, 0.29) is 81.5 Å². The zero-order valence-corrected chi connectivity index (χ0v) is 16.8. The Hall–Kier alpha value is -1.44. The van der Waals surface area contributed by atoms with Crippen LogP contribution in [0.25, 0.3) is 0 Å². The van der Waals surface area contributed by atoms with Gasteiger partial charge in [-0.3, -0.25) is 9.59 Å². The van der Waals surface area contributed by atoms with Crippen molar-refractivity contribution in [3.63, 3.8) is 0 Å². The van der Waals surface area contributed by atoms with Crippen molar-refractivity contribution in [1.82, 2.24) is 5.32 Å². The Bertz CT molecular complexity index is 399. The van der Waals surface area contributed by atoms with E-state index in [0.717, 1.165) is 12.5 Å². The lowest BCUT2D eigenvalue weighted by Gasteiger charge is -1.98. The van der Waals surface area contributed by atoms with Crippen molar-refractivity contribution in [3.8, 4) is 0 Å². The van der Waals surface area contributed by atoms with Crippen LogP contribution in [0.15, 0.2) is 0 Å². The lowest BCUT2D eigenvalue weighted by atomic mass is 10.2. The Kier molecular flexibility index (Phi) is 98.1. The smallest absolute Gasteiger partial charge is 0.308 e. The second kappa shape index (κ2) is 41.8. The molecule has 1 amide bonds. The molecule has 0 aromatic heterocycles. The number of methoxy groups -OCH3 is 1. The summed E-state index contributed by atoms with van der Waals surface area (Å²) in [4.78, 5) is 30.1. The standard InChI is InChI=1S/C5H11NO.C5H10O2.C3H6O.C2H6O2S.7CH4/c1-4(2)5(7)6-3;1-4(2)5(6)7-3;1-3(2)4;1-5(2,3)4;;;;;;;/h4H,1-3H3,(H,6,7);4H,1-3H3;1-2H3;1-2H3;7*1H4. The maximum absolute atomic E-state index is 10.4. The number of carbonyl (C=O) groups excluding carboxylic acids is 3. The van der Waals surface area contributed by atoms with Gasteiger partial charge in [0.2, 0.25) is 5.91 Å². The van der Waals surface area contributed by atoms with Crippen LogP contribution in [0.5, 0.6) is 0 Å². The largest absolute Gasteiger partial charge is 0.469 e. The van der Waals surface area contributed by atoms with E-state index in [1.807, 2.05) is 13.8 Å². The molecule has 0 unspecified atom stereocenters. The van der Waals surface area contributed by atoms with Crippen molar-refractivity contribution in [3.05, 3.63) is 0 Å². The van der Waals surface area contributed by atoms with Crippen molar-refractivity contribution in [2.45, 2.75) is 93.5 Å². The Morgan fingerprint density at radius 1 is 0.733 bits per heavy atom. The van der Waals surface area contributed by atoms with Gasteiger partial charge < -0.3 is 14.8 Å². The van der Waals surface area contributed by atoms with Gasteiger partial charge in [0, 0.05) is 25.5 Å². The van der Waals surface area contributed by atoms with Crippen LogP contribution in [0.4, 0.5) is 0 Å². The Morgan fingerprint density at radius 3 is 0.933 bits per heavy atom. The topological polar surface area (TPSA) is 107 Å². The van der Waals surface area contributed by atoms with Crippen LogP contribution in [0.2, 0.25) is 0 Å².